The van der Waals surface area contributed by atoms with Gasteiger partial charge < -0.3 is 30.5 Å². The maximum atomic E-state index is 9.88. The number of nitrogens with zero attached hydrogens (tertiary/aromatic N) is 1. The highest BCUT2D eigenvalue weighted by Crippen LogP contribution is 2.27. The third kappa shape index (κ3) is 3.06. The van der Waals surface area contributed by atoms with Crippen LogP contribution in [0.4, 0.5) is 0 Å². The number of hydrogen-bond acceptors (Lipinski definition) is 6. The Balaban J connectivity index is 1.91. The van der Waals surface area contributed by atoms with Crippen molar-refractivity contribution >= 4 is 6.02 Å². The molecule has 20 heavy (non-hydrogen) atoms. The average Bonchev–Trinajstić information content (AvgIpc) is 2.87. The van der Waals surface area contributed by atoms with Crippen molar-refractivity contribution in [2.75, 3.05) is 6.54 Å². The number of nitrogens with one attached hydrogen (secondary N) is 1. The Kier molecular flexibility index (Phi) is 5.20. The van der Waals surface area contributed by atoms with Crippen molar-refractivity contribution in [2.45, 2.75) is 69.2 Å². The summed E-state index contributed by atoms with van der Waals surface area (Å²) in [4.78, 5) is 4.24. The van der Waals surface area contributed by atoms with Crippen LogP contribution in [0.5, 0.6) is 0 Å². The molecule has 7 heteroatoms. The third-order valence-electron chi connectivity index (χ3n) is 3.91. The number of unbranched alkanes of at least 4 members (excludes halogenated alkanes) is 3. The molecule has 6 atom stereocenters. The lowest BCUT2D eigenvalue weighted by Crippen LogP contribution is -2.64. The van der Waals surface area contributed by atoms with Crippen LogP contribution in [0.1, 0.15) is 32.6 Å². The van der Waals surface area contributed by atoms with Crippen LogP contribution in [0, 0.1) is 0 Å². The van der Waals surface area contributed by atoms with Gasteiger partial charge in [-0.1, -0.05) is 26.2 Å². The first-order valence-electron chi connectivity index (χ1n) is 7.26. The van der Waals surface area contributed by atoms with Crippen LogP contribution in [0.15, 0.2) is 4.99 Å². The number of ether oxygens (including phenoxy) is 1. The zero-order valence-electron chi connectivity index (χ0n) is 11.6. The Morgan fingerprint density at radius 1 is 1.00 bits per heavy atom. The fourth-order valence-electron chi connectivity index (χ4n) is 2.64. The van der Waals surface area contributed by atoms with Gasteiger partial charge in [0.25, 0.3) is 6.02 Å². The summed E-state index contributed by atoms with van der Waals surface area (Å²) in [6.07, 6.45) is -1.69. The smallest absolute Gasteiger partial charge is 0.285 e. The van der Waals surface area contributed by atoms with Crippen molar-refractivity contribution < 1.29 is 25.2 Å². The number of aliphatic hydroxyl groups is 4. The molecular formula is C13H24N2O5. The lowest BCUT2D eigenvalue weighted by atomic mass is 9.84. The predicted octanol–water partition coefficient (Wildman–Crippen LogP) is -1.26. The molecule has 0 spiro atoms. The van der Waals surface area contributed by atoms with Crippen LogP contribution in [0.2, 0.25) is 0 Å². The van der Waals surface area contributed by atoms with E-state index in [2.05, 4.69) is 17.2 Å². The topological polar surface area (TPSA) is 115 Å². The fraction of sp³-hybridized carbons (Fsp3) is 0.923. The van der Waals surface area contributed by atoms with Gasteiger partial charge in [-0.25, -0.2) is 4.99 Å². The van der Waals surface area contributed by atoms with Gasteiger partial charge in [-0.05, 0) is 6.42 Å². The predicted molar refractivity (Wildman–Crippen MR) is 72.3 cm³/mol. The van der Waals surface area contributed by atoms with Gasteiger partial charge in [0.1, 0.15) is 24.4 Å². The van der Waals surface area contributed by atoms with Gasteiger partial charge in [0.2, 0.25) is 0 Å². The van der Waals surface area contributed by atoms with E-state index in [0.29, 0.717) is 6.54 Å². The van der Waals surface area contributed by atoms with E-state index in [1.54, 1.807) is 0 Å². The monoisotopic (exact) mass is 288 g/mol. The molecular weight excluding hydrogens is 264 g/mol. The maximum absolute atomic E-state index is 9.88. The Labute approximate surface area is 118 Å². The summed E-state index contributed by atoms with van der Waals surface area (Å²) < 4.78 is 5.43. The number of rotatable bonds is 5. The second kappa shape index (κ2) is 6.71. The molecule has 116 valence electrons. The first-order valence-corrected chi connectivity index (χ1v) is 7.26. The quantitative estimate of drug-likeness (QED) is 0.403. The van der Waals surface area contributed by atoms with Crippen LogP contribution in [-0.4, -0.2) is 69.6 Å². The van der Waals surface area contributed by atoms with Gasteiger partial charge in [-0.3, -0.25) is 0 Å². The molecule has 1 aliphatic heterocycles. The highest BCUT2D eigenvalue weighted by Gasteiger charge is 2.53. The molecule has 0 aromatic rings. The van der Waals surface area contributed by atoms with Gasteiger partial charge in [-0.2, -0.15) is 0 Å². The number of aliphatic hydroxyl groups excluding tert-OH is 4. The van der Waals surface area contributed by atoms with Gasteiger partial charge in [0, 0.05) is 6.54 Å². The molecule has 2 aliphatic rings. The Bertz CT molecular complexity index is 328. The van der Waals surface area contributed by atoms with Crippen LogP contribution >= 0.6 is 0 Å². The average molecular weight is 288 g/mol. The molecule has 0 amide bonds. The van der Waals surface area contributed by atoms with E-state index in [1.807, 2.05) is 0 Å². The Morgan fingerprint density at radius 3 is 2.40 bits per heavy atom. The lowest BCUT2D eigenvalue weighted by molar-refractivity contribution is -0.174. The van der Waals surface area contributed by atoms with E-state index in [4.69, 9.17) is 4.74 Å². The summed E-state index contributed by atoms with van der Waals surface area (Å²) in [6.45, 7) is 2.75. The van der Waals surface area contributed by atoms with Crippen molar-refractivity contribution in [2.24, 2.45) is 4.99 Å². The van der Waals surface area contributed by atoms with Crippen LogP contribution < -0.4 is 5.32 Å². The third-order valence-corrected chi connectivity index (χ3v) is 3.91. The van der Waals surface area contributed by atoms with Gasteiger partial charge in [0.05, 0.1) is 6.04 Å². The van der Waals surface area contributed by atoms with Crippen LogP contribution in [0.25, 0.3) is 0 Å². The first kappa shape index (κ1) is 15.5. The van der Waals surface area contributed by atoms with Crippen molar-refractivity contribution in [1.82, 2.24) is 5.32 Å². The minimum absolute atomic E-state index is 0.260. The standard InChI is InChI=1S/C13H24N2O5/c1-2-3-4-5-6-14-13-15-7-8(16)9(17)10(18)11(19)12(7)20-13/h7-12,16-19H,2-6H2,1H3,(H,14,15). The summed E-state index contributed by atoms with van der Waals surface area (Å²) in [5, 5.41) is 41.8. The van der Waals surface area contributed by atoms with E-state index in [-0.39, 0.29) is 6.02 Å². The maximum Gasteiger partial charge on any atom is 0.285 e. The number of hydrogen-bond donors (Lipinski definition) is 5. The molecule has 0 bridgehead atoms. The summed E-state index contributed by atoms with van der Waals surface area (Å²) in [5.74, 6) is 0. The summed E-state index contributed by atoms with van der Waals surface area (Å²) in [5.41, 5.74) is 0. The van der Waals surface area contributed by atoms with Crippen molar-refractivity contribution in [1.29, 1.82) is 0 Å². The van der Waals surface area contributed by atoms with E-state index in [9.17, 15) is 20.4 Å². The zero-order valence-corrected chi connectivity index (χ0v) is 11.6. The van der Waals surface area contributed by atoms with Crippen LogP contribution in [-0.2, 0) is 4.74 Å². The zero-order chi connectivity index (χ0) is 14.7. The summed E-state index contributed by atoms with van der Waals surface area (Å²) >= 11 is 0. The second-order valence-electron chi connectivity index (χ2n) is 5.46. The molecule has 5 N–H and O–H groups in total. The number of fused-ring (bicyclic) bond motifs is 1. The van der Waals surface area contributed by atoms with E-state index < -0.39 is 36.6 Å². The molecule has 1 heterocycles. The molecule has 2 fully saturated rings. The van der Waals surface area contributed by atoms with E-state index in [1.165, 1.54) is 6.42 Å². The molecule has 1 saturated heterocycles. The largest absolute Gasteiger partial charge is 0.457 e. The SMILES string of the molecule is CCCCCCN=C1NC2C(O)C(O)C(O)C(O)C2O1. The number of amidine groups is 1. The van der Waals surface area contributed by atoms with Crippen molar-refractivity contribution in [3.8, 4) is 0 Å². The van der Waals surface area contributed by atoms with Crippen LogP contribution in [0.3, 0.4) is 0 Å². The summed E-state index contributed by atoms with van der Waals surface area (Å²) in [6, 6.07) is -0.395. The molecule has 1 saturated carbocycles. The van der Waals surface area contributed by atoms with Gasteiger partial charge in [-0.15, -0.1) is 0 Å². The molecule has 2 rings (SSSR count). The van der Waals surface area contributed by atoms with E-state index in [0.717, 1.165) is 19.3 Å². The minimum Gasteiger partial charge on any atom is -0.457 e. The molecule has 0 radical (unpaired) electrons. The first-order chi connectivity index (χ1) is 9.56. The highest BCUT2D eigenvalue weighted by molar-refractivity contribution is 5.76. The second-order valence-corrected chi connectivity index (χ2v) is 5.46. The highest BCUT2D eigenvalue weighted by atomic mass is 16.5. The Morgan fingerprint density at radius 2 is 1.70 bits per heavy atom. The molecule has 7 nitrogen and oxygen atoms in total. The fourth-order valence-corrected chi connectivity index (χ4v) is 2.64. The number of aliphatic imine (C=N–C) groups is 1. The minimum atomic E-state index is -1.42. The van der Waals surface area contributed by atoms with E-state index >= 15 is 0 Å². The molecule has 0 aromatic heterocycles. The van der Waals surface area contributed by atoms with Crippen molar-refractivity contribution in [3.05, 3.63) is 0 Å². The molecule has 6 unspecified atom stereocenters. The normalized spacial score (nSPS) is 42.1. The van der Waals surface area contributed by atoms with Gasteiger partial charge in [0.15, 0.2) is 6.10 Å². The van der Waals surface area contributed by atoms with Crippen molar-refractivity contribution in [3.63, 3.8) is 0 Å². The van der Waals surface area contributed by atoms with Gasteiger partial charge >= 0.3 is 0 Å². The lowest BCUT2D eigenvalue weighted by Gasteiger charge is -2.38. The summed E-state index contributed by atoms with van der Waals surface area (Å²) in [7, 11) is 0. The molecule has 1 aliphatic carbocycles. The Hall–Kier alpha value is -0.890. The molecule has 0 aromatic carbocycles.